The number of esters is 1. The molecule has 0 amide bonds. The van der Waals surface area contributed by atoms with Crippen LogP contribution in [0.1, 0.15) is 37.0 Å². The first-order chi connectivity index (χ1) is 9.15. The molecule has 1 rings (SSSR count). The van der Waals surface area contributed by atoms with Crippen molar-refractivity contribution in [3.05, 3.63) is 35.9 Å². The second kappa shape index (κ2) is 8.26. The smallest absolute Gasteiger partial charge is 0.356 e. The van der Waals surface area contributed by atoms with Crippen LogP contribution in [0.4, 0.5) is 0 Å². The summed E-state index contributed by atoms with van der Waals surface area (Å²) in [6.45, 7) is 3.97. The van der Waals surface area contributed by atoms with E-state index >= 15 is 0 Å². The van der Waals surface area contributed by atoms with Crippen molar-refractivity contribution >= 4 is 11.9 Å². The Hall–Kier alpha value is -1.88. The molecule has 0 aliphatic heterocycles. The predicted octanol–water partition coefficient (Wildman–Crippen LogP) is 2.08. The number of hydrogen-bond acceptors (Lipinski definition) is 5. The van der Waals surface area contributed by atoms with Crippen molar-refractivity contribution in [2.24, 2.45) is 0 Å². The zero-order valence-corrected chi connectivity index (χ0v) is 11.2. The summed E-state index contributed by atoms with van der Waals surface area (Å²) in [4.78, 5) is 27.9. The van der Waals surface area contributed by atoms with Gasteiger partial charge < -0.3 is 9.57 Å². The van der Waals surface area contributed by atoms with Gasteiger partial charge in [0.2, 0.25) is 0 Å². The minimum absolute atomic E-state index is 0.383. The molecule has 5 heteroatoms. The monoisotopic (exact) mass is 265 g/mol. The van der Waals surface area contributed by atoms with Gasteiger partial charge in [0.25, 0.3) is 0 Å². The second-order valence-corrected chi connectivity index (χ2v) is 4.12. The highest BCUT2D eigenvalue weighted by atomic mass is 16.7. The first-order valence-corrected chi connectivity index (χ1v) is 6.33. The molecule has 104 valence electrons. The first kappa shape index (κ1) is 15.2. The summed E-state index contributed by atoms with van der Waals surface area (Å²) in [5.41, 5.74) is 2.80. The maximum atomic E-state index is 11.6. The average Bonchev–Trinajstić information content (AvgIpc) is 2.45. The number of nitrogens with one attached hydrogen (secondary N) is 1. The van der Waals surface area contributed by atoms with Gasteiger partial charge in [0.1, 0.15) is 6.04 Å². The second-order valence-electron chi connectivity index (χ2n) is 4.12. The van der Waals surface area contributed by atoms with Crippen molar-refractivity contribution in [3.8, 4) is 0 Å². The lowest BCUT2D eigenvalue weighted by molar-refractivity contribution is -0.148. The summed E-state index contributed by atoms with van der Waals surface area (Å²) in [6.07, 6.45) is 1.78. The highest BCUT2D eigenvalue weighted by Gasteiger charge is 2.16. The predicted molar refractivity (Wildman–Crippen MR) is 70.3 cm³/mol. The van der Waals surface area contributed by atoms with E-state index in [2.05, 4.69) is 5.48 Å². The molecule has 0 fully saturated rings. The van der Waals surface area contributed by atoms with Crippen LogP contribution < -0.4 is 5.48 Å². The third-order valence-electron chi connectivity index (χ3n) is 2.43. The van der Waals surface area contributed by atoms with E-state index in [0.29, 0.717) is 12.2 Å². The first-order valence-electron chi connectivity index (χ1n) is 6.33. The van der Waals surface area contributed by atoms with E-state index in [1.165, 1.54) is 0 Å². The molecule has 0 unspecified atom stereocenters. The molecule has 1 atom stereocenters. The Bertz CT molecular complexity index is 405. The van der Waals surface area contributed by atoms with Crippen molar-refractivity contribution < 1.29 is 19.2 Å². The Morgan fingerprint density at radius 1 is 1.26 bits per heavy atom. The summed E-state index contributed by atoms with van der Waals surface area (Å²) < 4.78 is 4.99. The maximum absolute atomic E-state index is 11.6. The van der Waals surface area contributed by atoms with E-state index < -0.39 is 18.0 Å². The lowest BCUT2D eigenvalue weighted by Gasteiger charge is -2.12. The van der Waals surface area contributed by atoms with Crippen LogP contribution in [0.15, 0.2) is 30.3 Å². The molecule has 19 heavy (non-hydrogen) atoms. The van der Waals surface area contributed by atoms with Gasteiger partial charge in [0.05, 0.1) is 12.2 Å². The van der Waals surface area contributed by atoms with E-state index in [9.17, 15) is 9.59 Å². The van der Waals surface area contributed by atoms with E-state index in [0.717, 1.165) is 12.8 Å². The molecule has 0 saturated carbocycles. The van der Waals surface area contributed by atoms with Gasteiger partial charge in [-0.15, -0.1) is 5.48 Å². The highest BCUT2D eigenvalue weighted by Crippen LogP contribution is 2.00. The molecule has 0 radical (unpaired) electrons. The quantitative estimate of drug-likeness (QED) is 0.464. The molecule has 5 nitrogen and oxygen atoms in total. The number of carbonyl (C=O) groups is 2. The minimum atomic E-state index is -0.690. The molecular formula is C14H19NO4. The fraction of sp³-hybridized carbons (Fsp3) is 0.429. The molecule has 0 saturated heterocycles. The molecule has 1 aromatic carbocycles. The van der Waals surface area contributed by atoms with Crippen LogP contribution in [0.5, 0.6) is 0 Å². The fourth-order valence-corrected chi connectivity index (χ4v) is 1.27. The molecule has 0 aliphatic rings. The largest absolute Gasteiger partial charge is 0.464 e. The Morgan fingerprint density at radius 3 is 2.58 bits per heavy atom. The van der Waals surface area contributed by atoms with Gasteiger partial charge in [0.15, 0.2) is 0 Å². The van der Waals surface area contributed by atoms with E-state index in [1.54, 1.807) is 37.3 Å². The van der Waals surface area contributed by atoms with Gasteiger partial charge in [0, 0.05) is 0 Å². The van der Waals surface area contributed by atoms with Gasteiger partial charge in [-0.25, -0.2) is 4.79 Å². The van der Waals surface area contributed by atoms with Crippen molar-refractivity contribution in [3.63, 3.8) is 0 Å². The zero-order chi connectivity index (χ0) is 14.1. The number of hydrogen-bond donors (Lipinski definition) is 1. The SMILES string of the molecule is CCCCOC(=O)[C@H](C)NOC(=O)c1ccccc1. The summed E-state index contributed by atoms with van der Waals surface area (Å²) in [7, 11) is 0. The minimum Gasteiger partial charge on any atom is -0.464 e. The van der Waals surface area contributed by atoms with Crippen LogP contribution in [0.25, 0.3) is 0 Å². The number of ether oxygens (including phenoxy) is 1. The van der Waals surface area contributed by atoms with Crippen molar-refractivity contribution in [1.82, 2.24) is 5.48 Å². The average molecular weight is 265 g/mol. The lowest BCUT2D eigenvalue weighted by atomic mass is 10.2. The van der Waals surface area contributed by atoms with Gasteiger partial charge in [-0.1, -0.05) is 31.5 Å². The Labute approximate surface area is 112 Å². The molecular weight excluding hydrogens is 246 g/mol. The lowest BCUT2D eigenvalue weighted by Crippen LogP contribution is -2.37. The topological polar surface area (TPSA) is 64.6 Å². The van der Waals surface area contributed by atoms with Gasteiger partial charge in [-0.2, -0.15) is 0 Å². The number of rotatable bonds is 7. The van der Waals surface area contributed by atoms with Crippen LogP contribution in [0, 0.1) is 0 Å². The Kier molecular flexibility index (Phi) is 6.60. The summed E-state index contributed by atoms with van der Waals surface area (Å²) in [5.74, 6) is -0.969. The highest BCUT2D eigenvalue weighted by molar-refractivity contribution is 5.89. The van der Waals surface area contributed by atoms with Gasteiger partial charge in [-0.3, -0.25) is 4.79 Å². The summed E-state index contributed by atoms with van der Waals surface area (Å²) >= 11 is 0. The number of unbranched alkanes of at least 4 members (excludes halogenated alkanes) is 1. The molecule has 0 aromatic heterocycles. The summed E-state index contributed by atoms with van der Waals surface area (Å²) in [5, 5.41) is 0. The van der Waals surface area contributed by atoms with E-state index in [-0.39, 0.29) is 0 Å². The van der Waals surface area contributed by atoms with Crippen LogP contribution in [0.2, 0.25) is 0 Å². The standard InChI is InChI=1S/C14H19NO4/c1-3-4-10-18-13(16)11(2)15-19-14(17)12-8-6-5-7-9-12/h5-9,11,15H,3-4,10H2,1-2H3/t11-/m0/s1. The number of carbonyl (C=O) groups excluding carboxylic acids is 2. The number of benzene rings is 1. The van der Waals surface area contributed by atoms with E-state index in [4.69, 9.17) is 9.57 Å². The molecule has 0 bridgehead atoms. The Morgan fingerprint density at radius 2 is 1.95 bits per heavy atom. The third-order valence-corrected chi connectivity index (χ3v) is 2.43. The van der Waals surface area contributed by atoms with Crippen molar-refractivity contribution in [2.45, 2.75) is 32.7 Å². The van der Waals surface area contributed by atoms with E-state index in [1.807, 2.05) is 6.92 Å². The molecule has 1 N–H and O–H groups in total. The molecule has 1 aromatic rings. The summed E-state index contributed by atoms with van der Waals surface area (Å²) in [6, 6.07) is 7.85. The van der Waals surface area contributed by atoms with Crippen LogP contribution in [-0.4, -0.2) is 24.6 Å². The molecule has 0 aliphatic carbocycles. The van der Waals surface area contributed by atoms with Crippen LogP contribution in [-0.2, 0) is 14.4 Å². The third kappa shape index (κ3) is 5.52. The van der Waals surface area contributed by atoms with Crippen molar-refractivity contribution in [1.29, 1.82) is 0 Å². The Balaban J connectivity index is 2.31. The van der Waals surface area contributed by atoms with Crippen LogP contribution in [0.3, 0.4) is 0 Å². The maximum Gasteiger partial charge on any atom is 0.356 e. The van der Waals surface area contributed by atoms with Gasteiger partial charge in [-0.05, 0) is 25.5 Å². The number of hydroxylamine groups is 1. The van der Waals surface area contributed by atoms with Crippen molar-refractivity contribution in [2.75, 3.05) is 6.61 Å². The molecule has 0 heterocycles. The normalized spacial score (nSPS) is 11.7. The van der Waals surface area contributed by atoms with Crippen LogP contribution >= 0.6 is 0 Å². The fourth-order valence-electron chi connectivity index (χ4n) is 1.27. The zero-order valence-electron chi connectivity index (χ0n) is 11.2. The van der Waals surface area contributed by atoms with Gasteiger partial charge >= 0.3 is 11.9 Å². The molecule has 0 spiro atoms.